The summed E-state index contributed by atoms with van der Waals surface area (Å²) >= 11 is 0. The fraction of sp³-hybridized carbons (Fsp3) is 0.286. The van der Waals surface area contributed by atoms with E-state index in [0.29, 0.717) is 24.6 Å². The lowest BCUT2D eigenvalue weighted by Crippen LogP contribution is -2.39. The van der Waals surface area contributed by atoms with Gasteiger partial charge in [0.25, 0.3) is 0 Å². The Bertz CT molecular complexity index is 728. The van der Waals surface area contributed by atoms with Crippen molar-refractivity contribution in [2.75, 3.05) is 26.1 Å². The van der Waals surface area contributed by atoms with Gasteiger partial charge in [0.05, 0.1) is 18.8 Å². The summed E-state index contributed by atoms with van der Waals surface area (Å²) < 4.78 is 10.8. The van der Waals surface area contributed by atoms with Gasteiger partial charge in [-0.25, -0.2) is 0 Å². The molecular formula is C21H26N2O3. The van der Waals surface area contributed by atoms with Crippen LogP contribution in [0.2, 0.25) is 0 Å². The van der Waals surface area contributed by atoms with Gasteiger partial charge in [0.15, 0.2) is 0 Å². The number of carbonyl (C=O) groups is 1. The second-order valence-electron chi connectivity index (χ2n) is 6.02. The van der Waals surface area contributed by atoms with E-state index in [-0.39, 0.29) is 11.9 Å². The van der Waals surface area contributed by atoms with Gasteiger partial charge in [0.1, 0.15) is 18.1 Å². The predicted octanol–water partition coefficient (Wildman–Crippen LogP) is 3.72. The van der Waals surface area contributed by atoms with Crippen molar-refractivity contribution < 1.29 is 14.3 Å². The van der Waals surface area contributed by atoms with Gasteiger partial charge in [-0.05, 0) is 43.8 Å². The number of anilines is 1. The Morgan fingerprint density at radius 1 is 1.23 bits per heavy atom. The summed E-state index contributed by atoms with van der Waals surface area (Å²) in [6.07, 6.45) is 1.71. The number of carbonyl (C=O) groups excluding carboxylic acids is 1. The fourth-order valence-electron chi connectivity index (χ4n) is 2.46. The number of methoxy groups -OCH3 is 1. The van der Waals surface area contributed by atoms with Gasteiger partial charge in [-0.2, -0.15) is 0 Å². The largest absolute Gasteiger partial charge is 0.495 e. The Balaban J connectivity index is 1.94. The number of para-hydroxylation sites is 2. The van der Waals surface area contributed by atoms with Crippen molar-refractivity contribution in [3.63, 3.8) is 0 Å². The molecule has 0 saturated carbocycles. The predicted molar refractivity (Wildman–Crippen MR) is 105 cm³/mol. The maximum Gasteiger partial charge on any atom is 0.241 e. The van der Waals surface area contributed by atoms with Crippen molar-refractivity contribution in [1.82, 2.24) is 4.90 Å². The Morgan fingerprint density at radius 3 is 2.58 bits per heavy atom. The molecule has 0 heterocycles. The van der Waals surface area contributed by atoms with Crippen molar-refractivity contribution >= 4 is 11.6 Å². The third kappa shape index (κ3) is 5.36. The van der Waals surface area contributed by atoms with E-state index in [1.54, 1.807) is 13.2 Å². The molecular weight excluding hydrogens is 328 g/mol. The third-order valence-corrected chi connectivity index (χ3v) is 4.13. The number of nitrogens with zero attached hydrogens (tertiary/aromatic N) is 1. The first kappa shape index (κ1) is 19.5. The first-order valence-corrected chi connectivity index (χ1v) is 8.52. The molecule has 5 heteroatoms. The number of hydrogen-bond donors (Lipinski definition) is 1. The molecule has 2 aromatic rings. The van der Waals surface area contributed by atoms with Gasteiger partial charge in [-0.15, -0.1) is 0 Å². The molecule has 1 amide bonds. The highest BCUT2D eigenvalue weighted by atomic mass is 16.5. The number of nitrogens with one attached hydrogen (secondary N) is 1. The molecule has 2 aromatic carbocycles. The van der Waals surface area contributed by atoms with Crippen LogP contribution in [0.1, 0.15) is 12.5 Å². The van der Waals surface area contributed by atoms with E-state index in [0.717, 1.165) is 11.3 Å². The number of hydrogen-bond acceptors (Lipinski definition) is 4. The molecule has 0 aliphatic heterocycles. The minimum atomic E-state index is -0.295. The first-order chi connectivity index (χ1) is 12.5. The minimum absolute atomic E-state index is 0.0806. The third-order valence-electron chi connectivity index (χ3n) is 4.13. The van der Waals surface area contributed by atoms with Crippen LogP contribution in [0.25, 0.3) is 0 Å². The van der Waals surface area contributed by atoms with E-state index >= 15 is 0 Å². The monoisotopic (exact) mass is 354 g/mol. The van der Waals surface area contributed by atoms with E-state index in [1.807, 2.05) is 67.4 Å². The molecule has 1 N–H and O–H groups in total. The summed E-state index contributed by atoms with van der Waals surface area (Å²) in [4.78, 5) is 14.5. The molecule has 0 aromatic heterocycles. The summed E-state index contributed by atoms with van der Waals surface area (Å²) in [5.74, 6) is 1.37. The van der Waals surface area contributed by atoms with Crippen LogP contribution in [0.3, 0.4) is 0 Å². The van der Waals surface area contributed by atoms with Crippen LogP contribution in [0, 0.1) is 0 Å². The zero-order valence-electron chi connectivity index (χ0n) is 15.6. The smallest absolute Gasteiger partial charge is 0.241 e. The molecule has 0 radical (unpaired) electrons. The summed E-state index contributed by atoms with van der Waals surface area (Å²) in [5, 5.41) is 2.93. The van der Waals surface area contributed by atoms with Crippen LogP contribution in [-0.4, -0.2) is 37.6 Å². The van der Waals surface area contributed by atoms with E-state index < -0.39 is 0 Å². The maximum absolute atomic E-state index is 12.5. The van der Waals surface area contributed by atoms with E-state index in [9.17, 15) is 4.79 Å². The van der Waals surface area contributed by atoms with Gasteiger partial charge in [0, 0.05) is 6.54 Å². The Hall–Kier alpha value is -2.79. The van der Waals surface area contributed by atoms with Gasteiger partial charge in [0.2, 0.25) is 5.91 Å². The van der Waals surface area contributed by atoms with E-state index in [4.69, 9.17) is 9.47 Å². The summed E-state index contributed by atoms with van der Waals surface area (Å²) in [6.45, 7) is 6.65. The zero-order chi connectivity index (χ0) is 18.9. The summed E-state index contributed by atoms with van der Waals surface area (Å²) in [6, 6.07) is 14.9. The van der Waals surface area contributed by atoms with Gasteiger partial charge in [-0.3, -0.25) is 9.69 Å². The van der Waals surface area contributed by atoms with Crippen molar-refractivity contribution in [3.8, 4) is 11.5 Å². The molecule has 26 heavy (non-hydrogen) atoms. The fourth-order valence-corrected chi connectivity index (χ4v) is 2.46. The maximum atomic E-state index is 12.5. The molecule has 0 unspecified atom stereocenters. The molecule has 2 rings (SSSR count). The molecule has 0 bridgehead atoms. The number of ether oxygens (including phenoxy) is 2. The van der Waals surface area contributed by atoms with Crippen LogP contribution in [0.15, 0.2) is 61.2 Å². The van der Waals surface area contributed by atoms with Crippen molar-refractivity contribution in [2.45, 2.75) is 19.5 Å². The average Bonchev–Trinajstić information content (AvgIpc) is 2.67. The minimum Gasteiger partial charge on any atom is -0.495 e. The zero-order valence-corrected chi connectivity index (χ0v) is 15.6. The van der Waals surface area contributed by atoms with Crippen LogP contribution in [-0.2, 0) is 11.3 Å². The Labute approximate surface area is 155 Å². The number of rotatable bonds is 9. The van der Waals surface area contributed by atoms with Crippen LogP contribution in [0.4, 0.5) is 5.69 Å². The molecule has 0 fully saturated rings. The van der Waals surface area contributed by atoms with Gasteiger partial charge in [-0.1, -0.05) is 36.9 Å². The highest BCUT2D eigenvalue weighted by molar-refractivity contribution is 5.95. The standard InChI is InChI=1S/C21H26N2O3/c1-5-14-26-18-12-10-17(11-13-18)15-23(3)16(2)21(24)22-19-8-6-7-9-20(19)25-4/h5-13,16H,1,14-15H2,2-4H3,(H,22,24)/t16-/m0/s1. The van der Waals surface area contributed by atoms with Crippen molar-refractivity contribution in [3.05, 3.63) is 66.7 Å². The van der Waals surface area contributed by atoms with Crippen LogP contribution in [0.5, 0.6) is 11.5 Å². The summed E-state index contributed by atoms with van der Waals surface area (Å²) in [5.41, 5.74) is 1.78. The van der Waals surface area contributed by atoms with Gasteiger partial charge >= 0.3 is 0 Å². The second kappa shape index (κ2) is 9.63. The topological polar surface area (TPSA) is 50.8 Å². The quantitative estimate of drug-likeness (QED) is 0.697. The highest BCUT2D eigenvalue weighted by Gasteiger charge is 2.19. The lowest BCUT2D eigenvalue weighted by atomic mass is 10.1. The number of amides is 1. The molecule has 0 aliphatic carbocycles. The average molecular weight is 354 g/mol. The van der Waals surface area contributed by atoms with Gasteiger partial charge < -0.3 is 14.8 Å². The summed E-state index contributed by atoms with van der Waals surface area (Å²) in [7, 11) is 3.51. The molecule has 138 valence electrons. The lowest BCUT2D eigenvalue weighted by Gasteiger charge is -2.24. The van der Waals surface area contributed by atoms with Crippen molar-refractivity contribution in [2.24, 2.45) is 0 Å². The molecule has 0 saturated heterocycles. The SMILES string of the molecule is C=CCOc1ccc(CN(C)[C@@H](C)C(=O)Nc2ccccc2OC)cc1. The molecule has 1 atom stereocenters. The normalized spacial score (nSPS) is 11.7. The Morgan fingerprint density at radius 2 is 1.92 bits per heavy atom. The lowest BCUT2D eigenvalue weighted by molar-refractivity contribution is -0.120. The van der Waals surface area contributed by atoms with E-state index in [2.05, 4.69) is 11.9 Å². The van der Waals surface area contributed by atoms with Crippen LogP contribution >= 0.6 is 0 Å². The Kier molecular flexibility index (Phi) is 7.24. The van der Waals surface area contributed by atoms with E-state index in [1.165, 1.54) is 0 Å². The second-order valence-corrected chi connectivity index (χ2v) is 6.02. The molecule has 0 spiro atoms. The van der Waals surface area contributed by atoms with Crippen molar-refractivity contribution in [1.29, 1.82) is 0 Å². The van der Waals surface area contributed by atoms with Crippen LogP contribution < -0.4 is 14.8 Å². The molecule has 5 nitrogen and oxygen atoms in total. The number of likely N-dealkylation sites (N-methyl/N-ethyl adjacent to an activating group) is 1. The molecule has 0 aliphatic rings. The first-order valence-electron chi connectivity index (χ1n) is 8.52. The highest BCUT2D eigenvalue weighted by Crippen LogP contribution is 2.23. The number of benzene rings is 2.